The summed E-state index contributed by atoms with van der Waals surface area (Å²) >= 11 is 13.3. The van der Waals surface area contributed by atoms with E-state index in [2.05, 4.69) is 15.0 Å². The van der Waals surface area contributed by atoms with Gasteiger partial charge in [0.2, 0.25) is 5.89 Å². The van der Waals surface area contributed by atoms with Gasteiger partial charge in [-0.2, -0.15) is 0 Å². The second-order valence-corrected chi connectivity index (χ2v) is 11.8. The van der Waals surface area contributed by atoms with Crippen LogP contribution >= 0.6 is 23.2 Å². The lowest BCUT2D eigenvalue weighted by Crippen LogP contribution is -2.13. The zero-order chi connectivity index (χ0) is 25.7. The van der Waals surface area contributed by atoms with E-state index in [0.29, 0.717) is 43.9 Å². The number of hydrogen-bond acceptors (Lipinski definition) is 7. The molecule has 2 heterocycles. The maximum atomic E-state index is 13.6. The Balaban J connectivity index is 1.34. The van der Waals surface area contributed by atoms with Crippen LogP contribution in [0.2, 0.25) is 10.0 Å². The molecule has 1 aliphatic carbocycles. The number of benzene rings is 2. The minimum atomic E-state index is -3.46. The van der Waals surface area contributed by atoms with E-state index in [0.717, 1.165) is 12.8 Å². The number of rotatable bonds is 8. The number of halogens is 3. The number of oxazole rings is 1. The van der Waals surface area contributed by atoms with Gasteiger partial charge in [0.25, 0.3) is 0 Å². The summed E-state index contributed by atoms with van der Waals surface area (Å²) in [4.78, 5) is 25.2. The number of carbonyl (C=O) groups excluding carboxylic acids is 1. The molecule has 0 spiro atoms. The fraction of sp³-hybridized carbons (Fsp3) is 0.280. The lowest BCUT2D eigenvalue weighted by molar-refractivity contribution is -0.117. The number of ketones is 1. The second-order valence-electron chi connectivity index (χ2n) is 8.79. The lowest BCUT2D eigenvalue weighted by atomic mass is 9.93. The van der Waals surface area contributed by atoms with Crippen molar-refractivity contribution in [1.29, 1.82) is 0 Å². The molecule has 0 radical (unpaired) electrons. The summed E-state index contributed by atoms with van der Waals surface area (Å²) < 4.78 is 43.2. The molecule has 1 fully saturated rings. The third-order valence-electron chi connectivity index (χ3n) is 6.25. The molecule has 11 heteroatoms. The van der Waals surface area contributed by atoms with Crippen molar-refractivity contribution < 1.29 is 22.0 Å². The van der Waals surface area contributed by atoms with Crippen LogP contribution in [0.4, 0.5) is 4.39 Å². The predicted octanol–water partition coefficient (Wildman–Crippen LogP) is 5.29. The molecule has 5 rings (SSSR count). The standard InChI is InChI=1S/C25H20Cl2FN3O4S/c1-2-36(33,34)22-13-29-16(12-30-22)11-17(32)7-14-8-18(26)23(19(27)9-14)25(5-6-25)24-31-20-4-3-15(28)10-21(20)35-24/h3-4,8-10,12-13H,2,5-7,11H2,1H3. The van der Waals surface area contributed by atoms with Gasteiger partial charge in [0.1, 0.15) is 17.1 Å². The van der Waals surface area contributed by atoms with Crippen molar-refractivity contribution in [2.24, 2.45) is 0 Å². The van der Waals surface area contributed by atoms with Gasteiger partial charge in [0.05, 0.1) is 35.7 Å². The van der Waals surface area contributed by atoms with E-state index in [1.54, 1.807) is 18.2 Å². The zero-order valence-corrected chi connectivity index (χ0v) is 21.4. The zero-order valence-electron chi connectivity index (χ0n) is 19.1. The van der Waals surface area contributed by atoms with Crippen LogP contribution in [-0.4, -0.2) is 34.9 Å². The van der Waals surface area contributed by atoms with Crippen molar-refractivity contribution in [1.82, 2.24) is 15.0 Å². The van der Waals surface area contributed by atoms with Crippen LogP contribution in [0.1, 0.15) is 42.5 Å². The van der Waals surface area contributed by atoms with Crippen LogP contribution in [0.25, 0.3) is 11.1 Å². The van der Waals surface area contributed by atoms with Gasteiger partial charge in [0, 0.05) is 28.1 Å². The van der Waals surface area contributed by atoms with Crippen LogP contribution < -0.4 is 0 Å². The first-order valence-electron chi connectivity index (χ1n) is 11.2. The summed E-state index contributed by atoms with van der Waals surface area (Å²) in [5, 5.41) is 0.670. The van der Waals surface area contributed by atoms with Crippen molar-refractivity contribution in [3.8, 4) is 0 Å². The molecule has 0 bridgehead atoms. The van der Waals surface area contributed by atoms with Crippen LogP contribution in [0.15, 0.2) is 52.2 Å². The summed E-state index contributed by atoms with van der Waals surface area (Å²) in [5.41, 5.74) is 1.99. The molecular formula is C25H20Cl2FN3O4S. The first-order chi connectivity index (χ1) is 17.1. The number of Topliss-reactive ketones (excluding diaryl/α,β-unsaturated/α-hetero) is 1. The number of fused-ring (bicyclic) bond motifs is 1. The number of nitrogens with zero attached hydrogens (tertiary/aromatic N) is 3. The van der Waals surface area contributed by atoms with Crippen molar-refractivity contribution >= 4 is 49.9 Å². The highest BCUT2D eigenvalue weighted by Crippen LogP contribution is 2.57. The van der Waals surface area contributed by atoms with E-state index in [1.807, 2.05) is 0 Å². The van der Waals surface area contributed by atoms with Gasteiger partial charge in [-0.25, -0.2) is 22.8 Å². The summed E-state index contributed by atoms with van der Waals surface area (Å²) in [5.74, 6) is -0.211. The summed E-state index contributed by atoms with van der Waals surface area (Å²) in [6, 6.07) is 7.58. The van der Waals surface area contributed by atoms with E-state index in [9.17, 15) is 17.6 Å². The molecule has 1 saturated carbocycles. The van der Waals surface area contributed by atoms with E-state index in [1.165, 1.54) is 31.5 Å². The Labute approximate surface area is 216 Å². The molecule has 2 aromatic carbocycles. The molecule has 36 heavy (non-hydrogen) atoms. The van der Waals surface area contributed by atoms with Crippen LogP contribution in [0, 0.1) is 5.82 Å². The van der Waals surface area contributed by atoms with Gasteiger partial charge in [-0.15, -0.1) is 0 Å². The number of carbonyl (C=O) groups is 1. The van der Waals surface area contributed by atoms with Crippen molar-refractivity contribution in [3.63, 3.8) is 0 Å². The monoisotopic (exact) mass is 547 g/mol. The van der Waals surface area contributed by atoms with E-state index in [4.69, 9.17) is 27.6 Å². The molecule has 1 aliphatic rings. The van der Waals surface area contributed by atoms with Gasteiger partial charge in [-0.1, -0.05) is 30.1 Å². The molecule has 4 aromatic rings. The van der Waals surface area contributed by atoms with Gasteiger partial charge in [0.15, 0.2) is 20.4 Å². The number of sulfone groups is 1. The smallest absolute Gasteiger partial charge is 0.206 e. The first kappa shape index (κ1) is 24.8. The maximum Gasteiger partial charge on any atom is 0.206 e. The Morgan fingerprint density at radius 3 is 2.42 bits per heavy atom. The van der Waals surface area contributed by atoms with Gasteiger partial charge >= 0.3 is 0 Å². The van der Waals surface area contributed by atoms with Crippen molar-refractivity contribution in [2.75, 3.05) is 5.75 Å². The van der Waals surface area contributed by atoms with Crippen LogP contribution in [-0.2, 0) is 32.9 Å². The first-order valence-corrected chi connectivity index (χ1v) is 13.6. The Hall–Kier alpha value is -2.88. The van der Waals surface area contributed by atoms with Crippen molar-refractivity contribution in [2.45, 2.75) is 43.0 Å². The highest BCUT2D eigenvalue weighted by atomic mass is 35.5. The summed E-state index contributed by atoms with van der Waals surface area (Å²) in [7, 11) is -3.46. The van der Waals surface area contributed by atoms with Crippen LogP contribution in [0.5, 0.6) is 0 Å². The second kappa shape index (κ2) is 9.21. The molecule has 0 unspecified atom stereocenters. The normalized spacial score (nSPS) is 14.8. The molecule has 186 valence electrons. The molecule has 7 nitrogen and oxygen atoms in total. The molecule has 0 atom stereocenters. The third kappa shape index (κ3) is 4.63. The molecule has 2 aromatic heterocycles. The maximum absolute atomic E-state index is 13.6. The van der Waals surface area contributed by atoms with Gasteiger partial charge < -0.3 is 4.42 Å². The molecule has 0 aliphatic heterocycles. The molecular weight excluding hydrogens is 528 g/mol. The van der Waals surface area contributed by atoms with Crippen molar-refractivity contribution in [3.05, 3.63) is 81.3 Å². The fourth-order valence-corrected chi connectivity index (χ4v) is 5.84. The Kier molecular flexibility index (Phi) is 6.34. The van der Waals surface area contributed by atoms with Gasteiger partial charge in [-0.3, -0.25) is 9.78 Å². The van der Waals surface area contributed by atoms with E-state index >= 15 is 0 Å². The van der Waals surface area contributed by atoms with Crippen LogP contribution in [0.3, 0.4) is 0 Å². The fourth-order valence-electron chi connectivity index (χ4n) is 4.22. The number of aromatic nitrogens is 3. The quantitative estimate of drug-likeness (QED) is 0.295. The Bertz CT molecular complexity index is 1580. The Morgan fingerprint density at radius 1 is 1.08 bits per heavy atom. The van der Waals surface area contributed by atoms with E-state index in [-0.39, 0.29) is 29.4 Å². The highest BCUT2D eigenvalue weighted by Gasteiger charge is 2.52. The van der Waals surface area contributed by atoms with Gasteiger partial charge in [-0.05, 0) is 42.7 Å². The highest BCUT2D eigenvalue weighted by molar-refractivity contribution is 7.91. The lowest BCUT2D eigenvalue weighted by Gasteiger charge is -2.17. The molecule has 0 saturated heterocycles. The summed E-state index contributed by atoms with van der Waals surface area (Å²) in [6.45, 7) is 1.52. The minimum Gasteiger partial charge on any atom is -0.440 e. The summed E-state index contributed by atoms with van der Waals surface area (Å²) in [6.07, 6.45) is 3.96. The Morgan fingerprint density at radius 2 is 1.81 bits per heavy atom. The SMILES string of the molecule is CCS(=O)(=O)c1cnc(CC(=O)Cc2cc(Cl)c(C3(c4nc5ccc(F)cc5o4)CC3)c(Cl)c2)cn1. The largest absolute Gasteiger partial charge is 0.440 e. The van der Waals surface area contributed by atoms with E-state index < -0.39 is 21.1 Å². The average molecular weight is 548 g/mol. The number of hydrogen-bond donors (Lipinski definition) is 0. The average Bonchev–Trinajstić information content (AvgIpc) is 3.50. The molecule has 0 N–H and O–H groups in total. The third-order valence-corrected chi connectivity index (χ3v) is 8.45. The predicted molar refractivity (Wildman–Crippen MR) is 133 cm³/mol. The molecule has 0 amide bonds. The minimum absolute atomic E-state index is 0.0140. The topological polar surface area (TPSA) is 103 Å².